The highest BCUT2D eigenvalue weighted by Gasteiger charge is 2.34. The van der Waals surface area contributed by atoms with Crippen LogP contribution in [-0.4, -0.2) is 53.1 Å². The number of para-hydroxylation sites is 1. The van der Waals surface area contributed by atoms with E-state index in [-0.39, 0.29) is 18.9 Å². The molecule has 1 heterocycles. The first-order valence-electron chi connectivity index (χ1n) is 7.59. The maximum absolute atomic E-state index is 12.9. The molecule has 0 aliphatic carbocycles. The van der Waals surface area contributed by atoms with E-state index in [1.54, 1.807) is 6.92 Å². The molecule has 4 nitrogen and oxygen atoms in total. The summed E-state index contributed by atoms with van der Waals surface area (Å²) in [6.45, 7) is 2.94. The number of alkyl halides is 3. The molecule has 1 aliphatic rings. The number of hydrogen-bond donors (Lipinski definition) is 2. The fourth-order valence-corrected chi connectivity index (χ4v) is 2.84. The van der Waals surface area contributed by atoms with E-state index in [0.29, 0.717) is 13.0 Å². The maximum atomic E-state index is 12.9. The number of rotatable bonds is 5. The first kappa shape index (κ1) is 18.0. The van der Waals surface area contributed by atoms with Gasteiger partial charge in [-0.2, -0.15) is 13.2 Å². The van der Waals surface area contributed by atoms with Crippen molar-refractivity contribution in [1.29, 1.82) is 0 Å². The summed E-state index contributed by atoms with van der Waals surface area (Å²) in [5, 5.41) is 20.0. The van der Waals surface area contributed by atoms with Gasteiger partial charge in [-0.15, -0.1) is 0 Å². The molecule has 1 aliphatic heterocycles. The van der Waals surface area contributed by atoms with Gasteiger partial charge in [0.25, 0.3) is 0 Å². The molecule has 0 aromatic heterocycles. The van der Waals surface area contributed by atoms with Crippen molar-refractivity contribution >= 4 is 0 Å². The molecule has 2 atom stereocenters. The molecule has 2 N–H and O–H groups in total. The lowest BCUT2D eigenvalue weighted by molar-refractivity contribution is -0.139. The number of benzene rings is 1. The van der Waals surface area contributed by atoms with E-state index < -0.39 is 23.4 Å². The SMILES string of the molecule is C[C@]1(O)CCCN(C[C@@H](O)COc2ccccc2C(F)(F)F)C1. The Bertz CT molecular complexity index is 520. The summed E-state index contributed by atoms with van der Waals surface area (Å²) in [6.07, 6.45) is -3.90. The Labute approximate surface area is 133 Å². The van der Waals surface area contributed by atoms with Crippen LogP contribution in [0.25, 0.3) is 0 Å². The van der Waals surface area contributed by atoms with Crippen molar-refractivity contribution in [3.8, 4) is 5.75 Å². The van der Waals surface area contributed by atoms with E-state index in [0.717, 1.165) is 19.0 Å². The van der Waals surface area contributed by atoms with Crippen LogP contribution >= 0.6 is 0 Å². The molecule has 0 spiro atoms. The summed E-state index contributed by atoms with van der Waals surface area (Å²) in [4.78, 5) is 1.90. The lowest BCUT2D eigenvalue weighted by Crippen LogP contribution is -2.49. The van der Waals surface area contributed by atoms with Crippen LogP contribution in [0, 0.1) is 0 Å². The molecule has 7 heteroatoms. The van der Waals surface area contributed by atoms with E-state index in [1.807, 2.05) is 4.90 Å². The molecule has 130 valence electrons. The van der Waals surface area contributed by atoms with Gasteiger partial charge in [0.15, 0.2) is 0 Å². The van der Waals surface area contributed by atoms with Gasteiger partial charge in [-0.3, -0.25) is 4.90 Å². The molecule has 1 aromatic carbocycles. The molecule has 1 fully saturated rings. The summed E-state index contributed by atoms with van der Waals surface area (Å²) in [7, 11) is 0. The van der Waals surface area contributed by atoms with Crippen LogP contribution in [0.15, 0.2) is 24.3 Å². The number of halogens is 3. The smallest absolute Gasteiger partial charge is 0.419 e. The van der Waals surface area contributed by atoms with Gasteiger partial charge >= 0.3 is 6.18 Å². The second-order valence-corrected chi connectivity index (χ2v) is 6.29. The predicted molar refractivity (Wildman–Crippen MR) is 79.2 cm³/mol. The second-order valence-electron chi connectivity index (χ2n) is 6.29. The van der Waals surface area contributed by atoms with E-state index in [1.165, 1.54) is 18.2 Å². The van der Waals surface area contributed by atoms with Gasteiger partial charge in [0, 0.05) is 13.1 Å². The average molecular weight is 333 g/mol. The van der Waals surface area contributed by atoms with Gasteiger partial charge in [-0.1, -0.05) is 12.1 Å². The van der Waals surface area contributed by atoms with Gasteiger partial charge < -0.3 is 14.9 Å². The topological polar surface area (TPSA) is 52.9 Å². The van der Waals surface area contributed by atoms with Crippen LogP contribution < -0.4 is 4.74 Å². The quantitative estimate of drug-likeness (QED) is 0.868. The highest BCUT2D eigenvalue weighted by Crippen LogP contribution is 2.35. The van der Waals surface area contributed by atoms with E-state index >= 15 is 0 Å². The Morgan fingerprint density at radius 2 is 2.04 bits per heavy atom. The fourth-order valence-electron chi connectivity index (χ4n) is 2.84. The molecule has 0 radical (unpaired) electrons. The van der Waals surface area contributed by atoms with Crippen LogP contribution in [0.3, 0.4) is 0 Å². The third kappa shape index (κ3) is 5.37. The first-order valence-corrected chi connectivity index (χ1v) is 7.59. The van der Waals surface area contributed by atoms with Gasteiger partial charge in [0.2, 0.25) is 0 Å². The zero-order valence-electron chi connectivity index (χ0n) is 13.0. The van der Waals surface area contributed by atoms with Crippen molar-refractivity contribution in [3.63, 3.8) is 0 Å². The molecule has 0 amide bonds. The van der Waals surface area contributed by atoms with E-state index in [2.05, 4.69) is 0 Å². The summed E-state index contributed by atoms with van der Waals surface area (Å²) < 4.78 is 43.7. The molecule has 23 heavy (non-hydrogen) atoms. The number of β-amino-alcohol motifs (C(OH)–C–C–N with tert-alkyl or cyclic N) is 2. The Balaban J connectivity index is 1.89. The van der Waals surface area contributed by atoms with Crippen LogP contribution in [0.2, 0.25) is 0 Å². The van der Waals surface area contributed by atoms with Crippen molar-refractivity contribution in [2.75, 3.05) is 26.2 Å². The second kappa shape index (κ2) is 7.07. The third-order valence-electron chi connectivity index (χ3n) is 3.85. The number of piperidine rings is 1. The van der Waals surface area contributed by atoms with Crippen LogP contribution in [0.1, 0.15) is 25.3 Å². The summed E-state index contributed by atoms with van der Waals surface area (Å²) in [5.74, 6) is -0.287. The van der Waals surface area contributed by atoms with Crippen LogP contribution in [0.4, 0.5) is 13.2 Å². The molecule has 1 aromatic rings. The molecule has 0 bridgehead atoms. The van der Waals surface area contributed by atoms with Crippen molar-refractivity contribution in [1.82, 2.24) is 4.90 Å². The minimum atomic E-state index is -4.49. The molecular formula is C16H22F3NO3. The Morgan fingerprint density at radius 3 is 2.70 bits per heavy atom. The Morgan fingerprint density at radius 1 is 1.35 bits per heavy atom. The van der Waals surface area contributed by atoms with E-state index in [9.17, 15) is 23.4 Å². The normalized spacial score (nSPS) is 24.4. The van der Waals surface area contributed by atoms with Crippen LogP contribution in [0.5, 0.6) is 5.75 Å². The third-order valence-corrected chi connectivity index (χ3v) is 3.85. The number of nitrogens with zero attached hydrogens (tertiary/aromatic N) is 1. The van der Waals surface area contributed by atoms with Gasteiger partial charge in [0.1, 0.15) is 18.5 Å². The summed E-state index contributed by atoms with van der Waals surface area (Å²) in [6, 6.07) is 4.94. The number of aliphatic hydroxyl groups is 2. The molecular weight excluding hydrogens is 311 g/mol. The van der Waals surface area contributed by atoms with Crippen molar-refractivity contribution in [3.05, 3.63) is 29.8 Å². The first-order chi connectivity index (χ1) is 10.7. The van der Waals surface area contributed by atoms with Gasteiger partial charge in [-0.25, -0.2) is 0 Å². The predicted octanol–water partition coefficient (Wildman–Crippen LogP) is 2.29. The Hall–Kier alpha value is -1.31. The lowest BCUT2D eigenvalue weighted by atomic mass is 9.95. The molecule has 2 rings (SSSR count). The molecule has 0 unspecified atom stereocenters. The zero-order valence-corrected chi connectivity index (χ0v) is 13.0. The van der Waals surface area contributed by atoms with Crippen molar-refractivity contribution in [2.24, 2.45) is 0 Å². The standard InChI is InChI=1S/C16H22F3NO3/c1-15(22)7-4-8-20(11-15)9-12(21)10-23-14-6-3-2-5-13(14)16(17,18)19/h2-3,5-6,12,21-22H,4,7-11H2,1H3/t12-,15+/m1/s1. The molecule has 1 saturated heterocycles. The molecule has 0 saturated carbocycles. The summed E-state index contributed by atoms with van der Waals surface area (Å²) >= 11 is 0. The van der Waals surface area contributed by atoms with Gasteiger partial charge in [-0.05, 0) is 38.4 Å². The van der Waals surface area contributed by atoms with Crippen molar-refractivity contribution in [2.45, 2.75) is 37.6 Å². The average Bonchev–Trinajstić information content (AvgIpc) is 2.43. The highest BCUT2D eigenvalue weighted by molar-refractivity contribution is 5.35. The summed E-state index contributed by atoms with van der Waals surface area (Å²) in [5.41, 5.74) is -1.64. The lowest BCUT2D eigenvalue weighted by Gasteiger charge is -2.37. The minimum absolute atomic E-state index is 0.230. The monoisotopic (exact) mass is 333 g/mol. The van der Waals surface area contributed by atoms with E-state index in [4.69, 9.17) is 4.74 Å². The van der Waals surface area contributed by atoms with Gasteiger partial charge in [0.05, 0.1) is 11.2 Å². The Kier molecular flexibility index (Phi) is 5.54. The minimum Gasteiger partial charge on any atom is -0.490 e. The largest absolute Gasteiger partial charge is 0.490 e. The number of ether oxygens (including phenoxy) is 1. The maximum Gasteiger partial charge on any atom is 0.419 e. The number of likely N-dealkylation sites (tertiary alicyclic amines) is 1. The number of hydrogen-bond acceptors (Lipinski definition) is 4. The zero-order chi connectivity index (χ0) is 17.1. The fraction of sp³-hybridized carbons (Fsp3) is 0.625. The highest BCUT2D eigenvalue weighted by atomic mass is 19.4. The van der Waals surface area contributed by atoms with Crippen LogP contribution in [-0.2, 0) is 6.18 Å². The number of aliphatic hydroxyl groups excluding tert-OH is 1. The van der Waals surface area contributed by atoms with Crippen molar-refractivity contribution < 1.29 is 28.1 Å².